The van der Waals surface area contributed by atoms with Crippen LogP contribution in [0.4, 0.5) is 4.39 Å². The van der Waals surface area contributed by atoms with Gasteiger partial charge in [0.25, 0.3) is 0 Å². The SMILES string of the molecule is CN(CCc1ccc(F)cc1)S(=O)(=O)c1csc2c1CCC/C2=N\O. The van der Waals surface area contributed by atoms with Crippen molar-refractivity contribution < 1.29 is 18.0 Å². The molecule has 0 unspecified atom stereocenters. The van der Waals surface area contributed by atoms with Crippen LogP contribution in [0.2, 0.25) is 0 Å². The van der Waals surface area contributed by atoms with Crippen molar-refractivity contribution in [2.75, 3.05) is 13.6 Å². The number of thiophene rings is 1. The van der Waals surface area contributed by atoms with Gasteiger partial charge in [0.2, 0.25) is 10.0 Å². The molecule has 8 heteroatoms. The van der Waals surface area contributed by atoms with Gasteiger partial charge in [0, 0.05) is 19.0 Å². The summed E-state index contributed by atoms with van der Waals surface area (Å²) in [5.74, 6) is -0.309. The smallest absolute Gasteiger partial charge is 0.243 e. The highest BCUT2D eigenvalue weighted by Crippen LogP contribution is 2.34. The van der Waals surface area contributed by atoms with Gasteiger partial charge in [-0.15, -0.1) is 11.3 Å². The van der Waals surface area contributed by atoms with Crippen molar-refractivity contribution in [1.29, 1.82) is 0 Å². The molecule has 2 aromatic rings. The van der Waals surface area contributed by atoms with E-state index in [2.05, 4.69) is 5.16 Å². The Morgan fingerprint density at radius 2 is 2.00 bits per heavy atom. The molecule has 0 aliphatic heterocycles. The van der Waals surface area contributed by atoms with Crippen molar-refractivity contribution in [3.8, 4) is 0 Å². The number of sulfonamides is 1. The van der Waals surface area contributed by atoms with E-state index in [1.165, 1.54) is 27.8 Å². The molecule has 134 valence electrons. The molecule has 0 fully saturated rings. The molecule has 25 heavy (non-hydrogen) atoms. The van der Waals surface area contributed by atoms with Gasteiger partial charge in [-0.1, -0.05) is 17.3 Å². The number of fused-ring (bicyclic) bond motifs is 1. The van der Waals surface area contributed by atoms with E-state index in [1.807, 2.05) is 0 Å². The molecule has 0 bridgehead atoms. The van der Waals surface area contributed by atoms with E-state index in [0.717, 1.165) is 22.4 Å². The van der Waals surface area contributed by atoms with Crippen LogP contribution in [-0.4, -0.2) is 37.2 Å². The van der Waals surface area contributed by atoms with Crippen molar-refractivity contribution >= 4 is 27.1 Å². The maximum Gasteiger partial charge on any atom is 0.243 e. The molecule has 0 atom stereocenters. The summed E-state index contributed by atoms with van der Waals surface area (Å²) in [5, 5.41) is 14.0. The monoisotopic (exact) mass is 382 g/mol. The minimum absolute atomic E-state index is 0.301. The predicted octanol–water partition coefficient (Wildman–Crippen LogP) is 3.27. The fraction of sp³-hybridized carbons (Fsp3) is 0.353. The predicted molar refractivity (Wildman–Crippen MR) is 95.5 cm³/mol. The third-order valence-corrected chi connectivity index (χ3v) is 7.54. The van der Waals surface area contributed by atoms with Gasteiger partial charge in [-0.25, -0.2) is 17.1 Å². The fourth-order valence-electron chi connectivity index (χ4n) is 2.93. The van der Waals surface area contributed by atoms with Crippen LogP contribution in [0.25, 0.3) is 0 Å². The lowest BCUT2D eigenvalue weighted by molar-refractivity contribution is 0.317. The molecule has 1 aromatic carbocycles. The van der Waals surface area contributed by atoms with E-state index < -0.39 is 10.0 Å². The van der Waals surface area contributed by atoms with Crippen molar-refractivity contribution in [2.45, 2.75) is 30.6 Å². The van der Waals surface area contributed by atoms with E-state index >= 15 is 0 Å². The summed E-state index contributed by atoms with van der Waals surface area (Å²) in [6.45, 7) is 0.305. The van der Waals surface area contributed by atoms with E-state index in [1.54, 1.807) is 24.6 Å². The highest BCUT2D eigenvalue weighted by Gasteiger charge is 2.30. The van der Waals surface area contributed by atoms with Crippen LogP contribution >= 0.6 is 11.3 Å². The zero-order chi connectivity index (χ0) is 18.0. The Bertz CT molecular complexity index is 889. The van der Waals surface area contributed by atoms with E-state index in [4.69, 9.17) is 5.21 Å². The summed E-state index contributed by atoms with van der Waals surface area (Å²) >= 11 is 1.31. The number of halogens is 1. The third kappa shape index (κ3) is 3.61. The summed E-state index contributed by atoms with van der Waals surface area (Å²) in [6, 6.07) is 6.06. The first-order valence-corrected chi connectivity index (χ1v) is 10.3. The molecule has 1 N–H and O–H groups in total. The lowest BCUT2D eigenvalue weighted by Gasteiger charge is -2.19. The summed E-state index contributed by atoms with van der Waals surface area (Å²) < 4.78 is 40.1. The molecule has 0 saturated heterocycles. The molecule has 3 rings (SSSR count). The lowest BCUT2D eigenvalue weighted by Crippen LogP contribution is -2.29. The zero-order valence-corrected chi connectivity index (χ0v) is 15.4. The highest BCUT2D eigenvalue weighted by atomic mass is 32.2. The van der Waals surface area contributed by atoms with Crippen molar-refractivity contribution in [3.05, 3.63) is 51.5 Å². The topological polar surface area (TPSA) is 70.0 Å². The summed E-state index contributed by atoms with van der Waals surface area (Å²) in [5.41, 5.74) is 2.19. The number of hydrogen-bond acceptors (Lipinski definition) is 5. The Kier molecular flexibility index (Phi) is 5.21. The van der Waals surface area contributed by atoms with Crippen LogP contribution in [0.3, 0.4) is 0 Å². The van der Waals surface area contributed by atoms with Gasteiger partial charge in [-0.2, -0.15) is 0 Å². The third-order valence-electron chi connectivity index (χ3n) is 4.40. The second-order valence-electron chi connectivity index (χ2n) is 6.01. The second-order valence-corrected chi connectivity index (χ2v) is 8.90. The second kappa shape index (κ2) is 7.23. The molecule has 0 amide bonds. The molecule has 5 nitrogen and oxygen atoms in total. The molecule has 1 heterocycles. The van der Waals surface area contributed by atoms with Gasteiger partial charge in [0.1, 0.15) is 5.82 Å². The molecular formula is C17H19FN2O3S2. The number of likely N-dealkylation sites (N-methyl/N-ethyl adjacent to an activating group) is 1. The molecule has 0 spiro atoms. The molecule has 1 aliphatic carbocycles. The van der Waals surface area contributed by atoms with Crippen LogP contribution in [0.1, 0.15) is 28.8 Å². The molecular weight excluding hydrogens is 363 g/mol. The van der Waals surface area contributed by atoms with Crippen LogP contribution in [0.5, 0.6) is 0 Å². The maximum absolute atomic E-state index is 12.9. The minimum Gasteiger partial charge on any atom is -0.411 e. The average molecular weight is 382 g/mol. The Hall–Kier alpha value is -1.77. The molecule has 1 aliphatic rings. The van der Waals surface area contributed by atoms with Gasteiger partial charge in [0.15, 0.2) is 0 Å². The highest BCUT2D eigenvalue weighted by molar-refractivity contribution is 7.89. The molecule has 0 radical (unpaired) electrons. The van der Waals surface area contributed by atoms with Crippen molar-refractivity contribution in [3.63, 3.8) is 0 Å². The van der Waals surface area contributed by atoms with E-state index in [9.17, 15) is 12.8 Å². The molecule has 0 saturated carbocycles. The Balaban J connectivity index is 1.79. The van der Waals surface area contributed by atoms with Gasteiger partial charge in [0.05, 0.1) is 15.5 Å². The summed E-state index contributed by atoms with van der Waals surface area (Å²) in [6.07, 6.45) is 2.60. The largest absolute Gasteiger partial charge is 0.411 e. The first-order valence-electron chi connectivity index (χ1n) is 7.96. The summed E-state index contributed by atoms with van der Waals surface area (Å²) in [7, 11) is -2.07. The van der Waals surface area contributed by atoms with Gasteiger partial charge < -0.3 is 5.21 Å². The number of nitrogens with zero attached hydrogens (tertiary/aromatic N) is 2. The van der Waals surface area contributed by atoms with Crippen LogP contribution in [-0.2, 0) is 22.9 Å². The van der Waals surface area contributed by atoms with Gasteiger partial charge >= 0.3 is 0 Å². The number of oxime groups is 1. The number of hydrogen-bond donors (Lipinski definition) is 1. The van der Waals surface area contributed by atoms with Crippen LogP contribution in [0, 0.1) is 5.82 Å². The van der Waals surface area contributed by atoms with E-state index in [0.29, 0.717) is 36.4 Å². The quantitative estimate of drug-likeness (QED) is 0.637. The van der Waals surface area contributed by atoms with Crippen LogP contribution < -0.4 is 0 Å². The fourth-order valence-corrected chi connectivity index (χ4v) is 5.81. The molecule has 1 aromatic heterocycles. The lowest BCUT2D eigenvalue weighted by atomic mass is 9.98. The van der Waals surface area contributed by atoms with Crippen molar-refractivity contribution in [2.24, 2.45) is 5.16 Å². The first-order chi connectivity index (χ1) is 11.9. The first kappa shape index (κ1) is 18.0. The Morgan fingerprint density at radius 1 is 1.28 bits per heavy atom. The maximum atomic E-state index is 12.9. The Morgan fingerprint density at radius 3 is 2.68 bits per heavy atom. The van der Waals surface area contributed by atoms with Gasteiger partial charge in [-0.05, 0) is 48.9 Å². The number of benzene rings is 1. The van der Waals surface area contributed by atoms with Crippen LogP contribution in [0.15, 0.2) is 39.7 Å². The van der Waals surface area contributed by atoms with Gasteiger partial charge in [-0.3, -0.25) is 0 Å². The normalized spacial score (nSPS) is 16.4. The standard InChI is InChI=1S/C17H19FN2O3S2/c1-20(10-9-12-5-7-13(18)8-6-12)25(22,23)16-11-24-17-14(16)3-2-4-15(17)19-21/h5-8,11,21H,2-4,9-10H2,1H3/b19-15+. The minimum atomic E-state index is -3.61. The average Bonchev–Trinajstić information content (AvgIpc) is 3.05. The van der Waals surface area contributed by atoms with Crippen molar-refractivity contribution in [1.82, 2.24) is 4.31 Å². The summed E-state index contributed by atoms with van der Waals surface area (Å²) in [4.78, 5) is 1.06. The number of rotatable bonds is 5. The van der Waals surface area contributed by atoms with E-state index in [-0.39, 0.29) is 5.82 Å². The zero-order valence-electron chi connectivity index (χ0n) is 13.8. The Labute approximate surface area is 150 Å².